The largest absolute Gasteiger partial charge is 0.416 e. The van der Waals surface area contributed by atoms with Gasteiger partial charge in [0.25, 0.3) is 11.8 Å². The van der Waals surface area contributed by atoms with E-state index in [0.717, 1.165) is 4.90 Å². The van der Waals surface area contributed by atoms with Crippen molar-refractivity contribution in [3.63, 3.8) is 0 Å². The maximum Gasteiger partial charge on any atom is 0.416 e. The van der Waals surface area contributed by atoms with Gasteiger partial charge >= 0.3 is 12.4 Å². The van der Waals surface area contributed by atoms with E-state index >= 15 is 0 Å². The monoisotopic (exact) mass is 583 g/mol. The topological polar surface area (TPSA) is 69.6 Å². The maximum absolute atomic E-state index is 13.9. The summed E-state index contributed by atoms with van der Waals surface area (Å²) < 4.78 is 80.0. The van der Waals surface area contributed by atoms with Crippen molar-refractivity contribution in [3.8, 4) is 0 Å². The van der Waals surface area contributed by atoms with Crippen molar-refractivity contribution in [2.45, 2.75) is 30.7 Å². The quantitative estimate of drug-likeness (QED) is 0.373. The third-order valence-corrected chi connectivity index (χ3v) is 7.38. The summed E-state index contributed by atoms with van der Waals surface area (Å²) in [5.41, 5.74) is -4.34. The Hall–Kier alpha value is -3.87. The lowest BCUT2D eigenvalue weighted by atomic mass is 9.85. The Kier molecular flexibility index (Phi) is 6.89. The molecule has 3 aromatic rings. The van der Waals surface area contributed by atoms with Crippen LogP contribution in [0.4, 0.5) is 37.8 Å². The number of aromatic nitrogens is 2. The molecule has 0 atom stereocenters. The third kappa shape index (κ3) is 4.93. The van der Waals surface area contributed by atoms with E-state index in [2.05, 4.69) is 9.97 Å². The zero-order valence-electron chi connectivity index (χ0n) is 20.5. The number of amides is 2. The van der Waals surface area contributed by atoms with E-state index in [1.54, 1.807) is 30.3 Å². The Morgan fingerprint density at radius 3 is 2.00 bits per heavy atom. The van der Waals surface area contributed by atoms with Gasteiger partial charge in [0.2, 0.25) is 0 Å². The lowest BCUT2D eigenvalue weighted by Gasteiger charge is -2.43. The van der Waals surface area contributed by atoms with Crippen LogP contribution in [0.3, 0.4) is 0 Å². The first kappa shape index (κ1) is 27.7. The van der Waals surface area contributed by atoms with Crippen molar-refractivity contribution in [3.05, 3.63) is 82.8 Å². The highest BCUT2D eigenvalue weighted by atomic mass is 35.5. The highest BCUT2D eigenvalue weighted by Gasteiger charge is 2.55. The number of hydrogen-bond donors (Lipinski definition) is 0. The fraction of sp³-hybridized carbons (Fsp3) is 0.308. The number of halogens is 7. The predicted molar refractivity (Wildman–Crippen MR) is 133 cm³/mol. The minimum Gasteiger partial charge on any atom is -0.338 e. The molecule has 2 aromatic carbocycles. The van der Waals surface area contributed by atoms with E-state index in [-0.39, 0.29) is 55.5 Å². The number of piperidine rings is 1. The fourth-order valence-corrected chi connectivity index (χ4v) is 5.33. The van der Waals surface area contributed by atoms with Crippen molar-refractivity contribution in [2.24, 2.45) is 0 Å². The van der Waals surface area contributed by atoms with Crippen LogP contribution in [0.25, 0.3) is 0 Å². The number of nitrogens with zero attached hydrogens (tertiary/aromatic N) is 5. The van der Waals surface area contributed by atoms with Gasteiger partial charge in [0.15, 0.2) is 11.0 Å². The third-order valence-electron chi connectivity index (χ3n) is 7.11. The predicted octanol–water partition coefficient (Wildman–Crippen LogP) is 5.65. The van der Waals surface area contributed by atoms with E-state index in [9.17, 15) is 35.9 Å². The van der Waals surface area contributed by atoms with Gasteiger partial charge in [-0.15, -0.1) is 0 Å². The zero-order chi connectivity index (χ0) is 28.9. The summed E-state index contributed by atoms with van der Waals surface area (Å²) in [6.07, 6.45) is -7.28. The number of alkyl halides is 6. The van der Waals surface area contributed by atoms with E-state index in [4.69, 9.17) is 11.6 Å². The SMILES string of the molecule is O=C(c1cc(C(F)(F)F)cc(C(F)(F)F)c1)N1CCC2(CC1)C(=O)N(c1nccnc1Cl)CN2c1ccccc1. The molecule has 7 nitrogen and oxygen atoms in total. The highest BCUT2D eigenvalue weighted by Crippen LogP contribution is 2.42. The normalized spacial score (nSPS) is 17.6. The maximum atomic E-state index is 13.9. The summed E-state index contributed by atoms with van der Waals surface area (Å²) >= 11 is 6.21. The Bertz CT molecular complexity index is 1410. The van der Waals surface area contributed by atoms with E-state index < -0.39 is 40.5 Å². The molecule has 1 aromatic heterocycles. The van der Waals surface area contributed by atoms with E-state index in [1.165, 1.54) is 17.3 Å². The van der Waals surface area contributed by atoms with Crippen LogP contribution in [0.5, 0.6) is 0 Å². The van der Waals surface area contributed by atoms with Crippen LogP contribution in [0, 0.1) is 0 Å². The second-order valence-electron chi connectivity index (χ2n) is 9.43. The number of carbonyl (C=O) groups excluding carboxylic acids is 2. The fourth-order valence-electron chi connectivity index (χ4n) is 5.13. The molecule has 0 unspecified atom stereocenters. The molecule has 2 aliphatic heterocycles. The second-order valence-corrected chi connectivity index (χ2v) is 9.79. The van der Waals surface area contributed by atoms with E-state index in [1.807, 2.05) is 4.90 Å². The standard InChI is InChI=1S/C26H20ClF6N5O2/c27-20-21(35-9-8-34-20)37-15-38(19-4-2-1-3-5-19)24(23(37)40)6-10-36(11-7-24)22(39)16-12-17(25(28,29)30)14-18(13-16)26(31,32)33/h1-5,8-9,12-14H,6-7,10-11,15H2. The van der Waals surface area contributed by atoms with Crippen molar-refractivity contribution < 1.29 is 35.9 Å². The molecule has 3 heterocycles. The van der Waals surface area contributed by atoms with Crippen LogP contribution in [0.1, 0.15) is 34.3 Å². The van der Waals surface area contributed by atoms with Crippen molar-refractivity contribution in [1.29, 1.82) is 0 Å². The van der Waals surface area contributed by atoms with Gasteiger partial charge < -0.3 is 9.80 Å². The van der Waals surface area contributed by atoms with Crippen LogP contribution < -0.4 is 9.80 Å². The number of anilines is 2. The van der Waals surface area contributed by atoms with Gasteiger partial charge in [-0.2, -0.15) is 26.3 Å². The first-order chi connectivity index (χ1) is 18.8. The molecule has 2 saturated heterocycles. The molecule has 2 aliphatic rings. The Labute approximate surface area is 229 Å². The van der Waals surface area contributed by atoms with Crippen molar-refractivity contribution >= 4 is 34.9 Å². The van der Waals surface area contributed by atoms with Crippen molar-refractivity contribution in [1.82, 2.24) is 14.9 Å². The molecule has 40 heavy (non-hydrogen) atoms. The molecule has 2 amide bonds. The lowest BCUT2D eigenvalue weighted by Crippen LogP contribution is -2.57. The molecule has 5 rings (SSSR count). The van der Waals surface area contributed by atoms with Gasteiger partial charge in [0.05, 0.1) is 11.1 Å². The minimum atomic E-state index is -5.08. The van der Waals surface area contributed by atoms with Crippen LogP contribution in [0.2, 0.25) is 5.15 Å². The molecule has 0 radical (unpaired) electrons. The molecule has 0 aliphatic carbocycles. The smallest absolute Gasteiger partial charge is 0.338 e. The molecule has 210 valence electrons. The summed E-state index contributed by atoms with van der Waals surface area (Å²) in [5, 5.41) is 0.0125. The van der Waals surface area contributed by atoms with Crippen LogP contribution in [0.15, 0.2) is 60.9 Å². The number of rotatable bonds is 3. The van der Waals surface area contributed by atoms with Gasteiger partial charge in [-0.25, -0.2) is 9.97 Å². The summed E-state index contributed by atoms with van der Waals surface area (Å²) in [6.45, 7) is -0.112. The minimum absolute atomic E-state index is 0.0125. The molecule has 0 saturated carbocycles. The van der Waals surface area contributed by atoms with Crippen LogP contribution >= 0.6 is 11.6 Å². The number of benzene rings is 2. The molecule has 14 heteroatoms. The molecule has 0 bridgehead atoms. The van der Waals surface area contributed by atoms with Crippen molar-refractivity contribution in [2.75, 3.05) is 29.6 Å². The molecule has 2 fully saturated rings. The summed E-state index contributed by atoms with van der Waals surface area (Å²) in [6, 6.07) is 9.78. The van der Waals surface area contributed by atoms with Gasteiger partial charge in [-0.05, 0) is 43.2 Å². The Morgan fingerprint density at radius 1 is 0.875 bits per heavy atom. The Morgan fingerprint density at radius 2 is 1.45 bits per heavy atom. The summed E-state index contributed by atoms with van der Waals surface area (Å²) in [4.78, 5) is 39.6. The molecule has 0 N–H and O–H groups in total. The summed E-state index contributed by atoms with van der Waals surface area (Å²) in [5.74, 6) is -1.20. The second kappa shape index (κ2) is 9.95. The van der Waals surface area contributed by atoms with Crippen LogP contribution in [-0.4, -0.2) is 52.0 Å². The molecule has 1 spiro atoms. The first-order valence-electron chi connectivity index (χ1n) is 12.0. The van der Waals surface area contributed by atoms with Gasteiger partial charge in [-0.1, -0.05) is 29.8 Å². The van der Waals surface area contributed by atoms with Crippen LogP contribution in [-0.2, 0) is 17.1 Å². The molecular weight excluding hydrogens is 564 g/mol. The zero-order valence-corrected chi connectivity index (χ0v) is 21.3. The number of likely N-dealkylation sites (tertiary alicyclic amines) is 1. The Balaban J connectivity index is 1.45. The number of para-hydroxylation sites is 1. The number of hydrogen-bond acceptors (Lipinski definition) is 5. The molecular formula is C26H20ClF6N5O2. The lowest BCUT2D eigenvalue weighted by molar-refractivity contribution is -0.143. The number of carbonyl (C=O) groups is 2. The average Bonchev–Trinajstić information content (AvgIpc) is 3.19. The average molecular weight is 584 g/mol. The van der Waals surface area contributed by atoms with Gasteiger partial charge in [-0.3, -0.25) is 14.5 Å². The van der Waals surface area contributed by atoms with E-state index in [0.29, 0.717) is 17.8 Å². The summed E-state index contributed by atoms with van der Waals surface area (Å²) in [7, 11) is 0. The first-order valence-corrected chi connectivity index (χ1v) is 12.4. The van der Waals surface area contributed by atoms with Gasteiger partial charge in [0, 0.05) is 36.7 Å². The van der Waals surface area contributed by atoms with Gasteiger partial charge in [0.1, 0.15) is 12.2 Å². The highest BCUT2D eigenvalue weighted by molar-refractivity contribution is 6.32.